The molecule has 21 heavy (non-hydrogen) atoms. The van der Waals surface area contributed by atoms with Gasteiger partial charge in [-0.25, -0.2) is 13.1 Å². The van der Waals surface area contributed by atoms with Gasteiger partial charge in [-0.2, -0.15) is 0 Å². The first-order valence-electron chi connectivity index (χ1n) is 7.41. The van der Waals surface area contributed by atoms with Gasteiger partial charge in [0.1, 0.15) is 5.75 Å². The van der Waals surface area contributed by atoms with Crippen molar-refractivity contribution in [2.75, 3.05) is 13.2 Å². The zero-order valence-corrected chi connectivity index (χ0v) is 13.7. The maximum atomic E-state index is 12.5. The third-order valence-electron chi connectivity index (χ3n) is 3.70. The summed E-state index contributed by atoms with van der Waals surface area (Å²) in [6.45, 7) is 7.25. The molecule has 1 aliphatic rings. The van der Waals surface area contributed by atoms with E-state index in [1.54, 1.807) is 18.2 Å². The molecule has 1 aromatic carbocycles. The van der Waals surface area contributed by atoms with Gasteiger partial charge >= 0.3 is 0 Å². The van der Waals surface area contributed by atoms with Crippen LogP contribution in [0.5, 0.6) is 5.75 Å². The highest BCUT2D eigenvalue weighted by atomic mass is 32.2. The van der Waals surface area contributed by atoms with Gasteiger partial charge in [-0.1, -0.05) is 0 Å². The number of aryl methyl sites for hydroxylation is 1. The minimum absolute atomic E-state index is 0.00174. The van der Waals surface area contributed by atoms with Crippen molar-refractivity contribution >= 4 is 10.0 Å². The number of piperidine rings is 1. The number of hydrogen-bond donors (Lipinski definition) is 2. The Labute approximate surface area is 127 Å². The summed E-state index contributed by atoms with van der Waals surface area (Å²) in [5.41, 5.74) is 0.832. The van der Waals surface area contributed by atoms with E-state index in [4.69, 9.17) is 4.74 Å². The molecule has 0 bridgehead atoms. The molecule has 2 rings (SSSR count). The largest absolute Gasteiger partial charge is 0.494 e. The molecule has 0 aliphatic carbocycles. The Morgan fingerprint density at radius 3 is 2.81 bits per heavy atom. The van der Waals surface area contributed by atoms with Gasteiger partial charge < -0.3 is 10.1 Å². The van der Waals surface area contributed by atoms with Crippen LogP contribution >= 0.6 is 0 Å². The second-order valence-electron chi connectivity index (χ2n) is 5.56. The smallest absolute Gasteiger partial charge is 0.240 e. The van der Waals surface area contributed by atoms with E-state index >= 15 is 0 Å². The molecule has 0 saturated carbocycles. The molecular formula is C15H24N2O3S. The van der Waals surface area contributed by atoms with Crippen molar-refractivity contribution in [2.45, 2.75) is 50.6 Å². The fourth-order valence-corrected chi connectivity index (χ4v) is 4.00. The fourth-order valence-electron chi connectivity index (χ4n) is 2.63. The Kier molecular flexibility index (Phi) is 5.24. The Morgan fingerprint density at radius 2 is 2.19 bits per heavy atom. The number of nitrogens with one attached hydrogen (secondary N) is 2. The molecule has 1 fully saturated rings. The van der Waals surface area contributed by atoms with E-state index in [1.807, 2.05) is 13.8 Å². The van der Waals surface area contributed by atoms with Crippen LogP contribution in [0.4, 0.5) is 0 Å². The summed E-state index contributed by atoms with van der Waals surface area (Å²) in [6.07, 6.45) is 1.63. The lowest BCUT2D eigenvalue weighted by molar-refractivity contribution is 0.337. The van der Waals surface area contributed by atoms with Crippen molar-refractivity contribution < 1.29 is 13.2 Å². The highest BCUT2D eigenvalue weighted by Gasteiger charge is 2.24. The van der Waals surface area contributed by atoms with Gasteiger partial charge in [0, 0.05) is 12.1 Å². The summed E-state index contributed by atoms with van der Waals surface area (Å²) in [5.74, 6) is 0.729. The summed E-state index contributed by atoms with van der Waals surface area (Å²) >= 11 is 0. The lowest BCUT2D eigenvalue weighted by atomic mass is 10.0. The topological polar surface area (TPSA) is 67.4 Å². The molecule has 2 atom stereocenters. The Bertz CT molecular complexity index is 587. The third kappa shape index (κ3) is 4.18. The van der Waals surface area contributed by atoms with Gasteiger partial charge in [-0.15, -0.1) is 0 Å². The number of ether oxygens (including phenoxy) is 1. The second-order valence-corrected chi connectivity index (χ2v) is 7.27. The SMILES string of the molecule is CCOc1ccc(S(=O)(=O)NC2CCNC(C)C2)cc1C. The Balaban J connectivity index is 2.13. The molecule has 2 N–H and O–H groups in total. The number of rotatable bonds is 5. The van der Waals surface area contributed by atoms with Crippen molar-refractivity contribution in [1.82, 2.24) is 10.0 Å². The van der Waals surface area contributed by atoms with Crippen LogP contribution in [0.2, 0.25) is 0 Å². The van der Waals surface area contributed by atoms with E-state index in [2.05, 4.69) is 17.0 Å². The van der Waals surface area contributed by atoms with Gasteiger partial charge in [-0.05, 0) is 63.9 Å². The van der Waals surface area contributed by atoms with Gasteiger partial charge in [0.2, 0.25) is 10.0 Å². The summed E-state index contributed by atoms with van der Waals surface area (Å²) in [7, 11) is -3.47. The maximum absolute atomic E-state index is 12.5. The van der Waals surface area contributed by atoms with Crippen LogP contribution in [-0.2, 0) is 10.0 Å². The Morgan fingerprint density at radius 1 is 1.43 bits per heavy atom. The van der Waals surface area contributed by atoms with Crippen LogP contribution in [0.25, 0.3) is 0 Å². The molecule has 1 heterocycles. The molecule has 118 valence electrons. The number of benzene rings is 1. The van der Waals surface area contributed by atoms with Gasteiger partial charge in [0.05, 0.1) is 11.5 Å². The molecular weight excluding hydrogens is 288 g/mol. The van der Waals surface area contributed by atoms with E-state index in [0.29, 0.717) is 17.5 Å². The molecule has 1 aromatic rings. The first-order chi connectivity index (χ1) is 9.92. The molecule has 0 amide bonds. The van der Waals surface area contributed by atoms with E-state index < -0.39 is 10.0 Å². The second kappa shape index (κ2) is 6.77. The molecule has 2 unspecified atom stereocenters. The van der Waals surface area contributed by atoms with E-state index in [9.17, 15) is 8.42 Å². The van der Waals surface area contributed by atoms with Crippen molar-refractivity contribution in [1.29, 1.82) is 0 Å². The van der Waals surface area contributed by atoms with Gasteiger partial charge in [-0.3, -0.25) is 0 Å². The van der Waals surface area contributed by atoms with Crippen LogP contribution < -0.4 is 14.8 Å². The van der Waals surface area contributed by atoms with Crippen molar-refractivity contribution in [3.63, 3.8) is 0 Å². The average Bonchev–Trinajstić information content (AvgIpc) is 2.40. The first kappa shape index (κ1) is 16.3. The molecule has 1 aliphatic heterocycles. The fraction of sp³-hybridized carbons (Fsp3) is 0.600. The monoisotopic (exact) mass is 312 g/mol. The minimum Gasteiger partial charge on any atom is -0.494 e. The van der Waals surface area contributed by atoms with Crippen molar-refractivity contribution in [3.8, 4) is 5.75 Å². The normalized spacial score (nSPS) is 23.0. The predicted octanol–water partition coefficient (Wildman–Crippen LogP) is 1.81. The van der Waals surface area contributed by atoms with Crippen molar-refractivity contribution in [2.24, 2.45) is 0 Å². The number of sulfonamides is 1. The summed E-state index contributed by atoms with van der Waals surface area (Å²) in [5, 5.41) is 3.32. The molecule has 0 radical (unpaired) electrons. The zero-order valence-electron chi connectivity index (χ0n) is 12.8. The standard InChI is InChI=1S/C15H24N2O3S/c1-4-20-15-6-5-14(9-11(15)2)21(18,19)17-13-7-8-16-12(3)10-13/h5-6,9,12-13,16-17H,4,7-8,10H2,1-3H3. The summed E-state index contributed by atoms with van der Waals surface area (Å²) in [6, 6.07) is 5.33. The highest BCUT2D eigenvalue weighted by molar-refractivity contribution is 7.89. The predicted molar refractivity (Wildman–Crippen MR) is 83.2 cm³/mol. The van der Waals surface area contributed by atoms with Crippen LogP contribution in [0.15, 0.2) is 23.1 Å². The third-order valence-corrected chi connectivity index (χ3v) is 5.22. The molecule has 5 nitrogen and oxygen atoms in total. The van der Waals surface area contributed by atoms with E-state index in [0.717, 1.165) is 30.7 Å². The first-order valence-corrected chi connectivity index (χ1v) is 8.90. The zero-order chi connectivity index (χ0) is 15.5. The number of hydrogen-bond acceptors (Lipinski definition) is 4. The molecule has 1 saturated heterocycles. The van der Waals surface area contributed by atoms with Crippen LogP contribution in [-0.4, -0.2) is 33.7 Å². The lowest BCUT2D eigenvalue weighted by Crippen LogP contribution is -2.46. The van der Waals surface area contributed by atoms with Crippen LogP contribution in [0, 0.1) is 6.92 Å². The minimum atomic E-state index is -3.47. The van der Waals surface area contributed by atoms with E-state index in [-0.39, 0.29) is 6.04 Å². The van der Waals surface area contributed by atoms with Gasteiger partial charge in [0.15, 0.2) is 0 Å². The molecule has 0 aromatic heterocycles. The summed E-state index contributed by atoms with van der Waals surface area (Å²) < 4.78 is 33.2. The lowest BCUT2D eigenvalue weighted by Gasteiger charge is -2.28. The quantitative estimate of drug-likeness (QED) is 0.870. The summed E-state index contributed by atoms with van der Waals surface area (Å²) in [4.78, 5) is 0.301. The molecule has 0 spiro atoms. The highest BCUT2D eigenvalue weighted by Crippen LogP contribution is 2.22. The van der Waals surface area contributed by atoms with Gasteiger partial charge in [0.25, 0.3) is 0 Å². The average molecular weight is 312 g/mol. The van der Waals surface area contributed by atoms with Crippen LogP contribution in [0.3, 0.4) is 0 Å². The van der Waals surface area contributed by atoms with Crippen molar-refractivity contribution in [3.05, 3.63) is 23.8 Å². The van der Waals surface area contributed by atoms with Crippen LogP contribution in [0.1, 0.15) is 32.3 Å². The Hall–Kier alpha value is -1.11. The molecule has 6 heteroatoms. The maximum Gasteiger partial charge on any atom is 0.240 e. The van der Waals surface area contributed by atoms with E-state index in [1.165, 1.54) is 0 Å².